The zero-order chi connectivity index (χ0) is 11.4. The van der Waals surface area contributed by atoms with E-state index in [0.29, 0.717) is 0 Å². The highest BCUT2D eigenvalue weighted by Gasteiger charge is 2.22. The zero-order valence-electron chi connectivity index (χ0n) is 10.4. The van der Waals surface area contributed by atoms with E-state index in [0.717, 1.165) is 24.3 Å². The first-order chi connectivity index (χ1) is 7.78. The normalized spacial score (nSPS) is 30.8. The summed E-state index contributed by atoms with van der Waals surface area (Å²) < 4.78 is 0. The van der Waals surface area contributed by atoms with Crippen LogP contribution in [0.5, 0.6) is 0 Å². The van der Waals surface area contributed by atoms with Crippen molar-refractivity contribution < 1.29 is 0 Å². The molecule has 0 spiro atoms. The lowest BCUT2D eigenvalue weighted by molar-refractivity contribution is 0.394. The quantitative estimate of drug-likeness (QED) is 0.813. The van der Waals surface area contributed by atoms with Crippen LogP contribution in [0.3, 0.4) is 0 Å². The molecule has 16 heavy (non-hydrogen) atoms. The highest BCUT2D eigenvalue weighted by molar-refractivity contribution is 8.14. The van der Waals surface area contributed by atoms with Gasteiger partial charge in [0, 0.05) is 18.3 Å². The number of amidine groups is 1. The Morgan fingerprint density at radius 3 is 3.12 bits per heavy atom. The van der Waals surface area contributed by atoms with Crippen LogP contribution >= 0.6 is 11.8 Å². The molecule has 2 aliphatic heterocycles. The van der Waals surface area contributed by atoms with Gasteiger partial charge in [0.1, 0.15) is 0 Å². The van der Waals surface area contributed by atoms with Gasteiger partial charge >= 0.3 is 0 Å². The average molecular weight is 241 g/mol. The molecule has 2 aliphatic rings. The molecular formula is C12H23N3S. The van der Waals surface area contributed by atoms with Crippen molar-refractivity contribution in [2.24, 2.45) is 10.9 Å². The van der Waals surface area contributed by atoms with Crippen LogP contribution in [0.15, 0.2) is 4.99 Å². The molecule has 0 amide bonds. The first-order valence-corrected chi connectivity index (χ1v) is 7.29. The molecule has 0 aromatic heterocycles. The molecule has 0 aromatic rings. The molecule has 2 unspecified atom stereocenters. The molecule has 1 fully saturated rings. The van der Waals surface area contributed by atoms with Gasteiger partial charge in [-0.3, -0.25) is 4.99 Å². The number of likely N-dealkylation sites (tertiary alicyclic amines) is 1. The van der Waals surface area contributed by atoms with Crippen molar-refractivity contribution in [1.29, 1.82) is 0 Å². The fraction of sp³-hybridized carbons (Fsp3) is 0.917. The number of nitrogens with zero attached hydrogens (tertiary/aromatic N) is 2. The van der Waals surface area contributed by atoms with Gasteiger partial charge in [0.2, 0.25) is 0 Å². The number of hydrogen-bond acceptors (Lipinski definition) is 4. The molecule has 1 saturated heterocycles. The lowest BCUT2D eigenvalue weighted by Crippen LogP contribution is -2.28. The standard InChI is InChI=1S/C12H23N3S/c1-3-4-11-8-14-12(16-11)13-7-10-5-6-15(2)9-10/h10-11H,3-9H2,1-2H3,(H,13,14). The summed E-state index contributed by atoms with van der Waals surface area (Å²) in [4.78, 5) is 6.98. The largest absolute Gasteiger partial charge is 0.365 e. The van der Waals surface area contributed by atoms with E-state index in [1.165, 1.54) is 37.5 Å². The van der Waals surface area contributed by atoms with Crippen LogP contribution in [0.2, 0.25) is 0 Å². The van der Waals surface area contributed by atoms with Crippen LogP contribution in [0.25, 0.3) is 0 Å². The highest BCUT2D eigenvalue weighted by atomic mass is 32.2. The SMILES string of the molecule is CCCC1CN=C(NCC2CCN(C)C2)S1. The van der Waals surface area contributed by atoms with Crippen LogP contribution in [0, 0.1) is 5.92 Å². The van der Waals surface area contributed by atoms with E-state index in [-0.39, 0.29) is 0 Å². The first-order valence-electron chi connectivity index (χ1n) is 6.41. The molecule has 0 radical (unpaired) electrons. The van der Waals surface area contributed by atoms with Crippen LogP contribution < -0.4 is 5.32 Å². The van der Waals surface area contributed by atoms with E-state index < -0.39 is 0 Å². The Bertz CT molecular complexity index is 255. The van der Waals surface area contributed by atoms with E-state index in [9.17, 15) is 0 Å². The number of hydrogen-bond donors (Lipinski definition) is 1. The predicted octanol–water partition coefficient (Wildman–Crippen LogP) is 1.80. The van der Waals surface area contributed by atoms with Gasteiger partial charge < -0.3 is 10.2 Å². The third-order valence-electron chi connectivity index (χ3n) is 3.36. The molecule has 2 heterocycles. The van der Waals surface area contributed by atoms with Crippen molar-refractivity contribution in [2.75, 3.05) is 33.2 Å². The van der Waals surface area contributed by atoms with Gasteiger partial charge in [0.15, 0.2) is 5.17 Å². The molecule has 92 valence electrons. The number of thioether (sulfide) groups is 1. The van der Waals surface area contributed by atoms with Crippen molar-refractivity contribution in [1.82, 2.24) is 10.2 Å². The van der Waals surface area contributed by atoms with Gasteiger partial charge in [-0.25, -0.2) is 0 Å². The summed E-state index contributed by atoms with van der Waals surface area (Å²) in [6, 6.07) is 0. The van der Waals surface area contributed by atoms with Crippen molar-refractivity contribution >= 4 is 16.9 Å². The van der Waals surface area contributed by atoms with Crippen molar-refractivity contribution in [3.63, 3.8) is 0 Å². The van der Waals surface area contributed by atoms with E-state index in [4.69, 9.17) is 0 Å². The zero-order valence-corrected chi connectivity index (χ0v) is 11.2. The predicted molar refractivity (Wildman–Crippen MR) is 72.2 cm³/mol. The molecule has 2 rings (SSSR count). The maximum Gasteiger partial charge on any atom is 0.156 e. The Morgan fingerprint density at radius 1 is 1.56 bits per heavy atom. The van der Waals surface area contributed by atoms with Crippen LogP contribution in [-0.4, -0.2) is 48.5 Å². The average Bonchev–Trinajstić information content (AvgIpc) is 2.85. The Morgan fingerprint density at radius 2 is 2.44 bits per heavy atom. The molecule has 1 N–H and O–H groups in total. The van der Waals surface area contributed by atoms with Crippen molar-refractivity contribution in [2.45, 2.75) is 31.4 Å². The second kappa shape index (κ2) is 5.92. The smallest absolute Gasteiger partial charge is 0.156 e. The summed E-state index contributed by atoms with van der Waals surface area (Å²) in [6.07, 6.45) is 3.90. The molecule has 4 heteroatoms. The molecule has 0 aliphatic carbocycles. The van der Waals surface area contributed by atoms with Gasteiger partial charge in [-0.2, -0.15) is 0 Å². The minimum absolute atomic E-state index is 0.735. The minimum atomic E-state index is 0.735. The van der Waals surface area contributed by atoms with Crippen molar-refractivity contribution in [3.05, 3.63) is 0 Å². The molecule has 0 aromatic carbocycles. The highest BCUT2D eigenvalue weighted by Crippen LogP contribution is 2.24. The molecule has 2 atom stereocenters. The Labute approximate surface area is 103 Å². The van der Waals surface area contributed by atoms with Gasteiger partial charge in [0.05, 0.1) is 6.54 Å². The summed E-state index contributed by atoms with van der Waals surface area (Å²) in [7, 11) is 2.21. The van der Waals surface area contributed by atoms with Crippen LogP contribution in [-0.2, 0) is 0 Å². The maximum atomic E-state index is 4.57. The first kappa shape index (κ1) is 12.2. The fourth-order valence-electron chi connectivity index (χ4n) is 2.41. The topological polar surface area (TPSA) is 27.6 Å². The molecular weight excluding hydrogens is 218 g/mol. The lowest BCUT2D eigenvalue weighted by Gasteiger charge is -2.12. The lowest BCUT2D eigenvalue weighted by atomic mass is 10.1. The van der Waals surface area contributed by atoms with Gasteiger partial charge in [0.25, 0.3) is 0 Å². The Hall–Kier alpha value is -0.220. The second-order valence-electron chi connectivity index (χ2n) is 4.97. The Kier molecular flexibility index (Phi) is 4.53. The third-order valence-corrected chi connectivity index (χ3v) is 4.57. The monoisotopic (exact) mass is 241 g/mol. The third kappa shape index (κ3) is 3.39. The number of nitrogens with one attached hydrogen (secondary N) is 1. The summed E-state index contributed by atoms with van der Waals surface area (Å²) in [5, 5.41) is 5.44. The second-order valence-corrected chi connectivity index (χ2v) is 6.26. The molecule has 0 saturated carbocycles. The van der Waals surface area contributed by atoms with Gasteiger partial charge in [-0.15, -0.1) is 0 Å². The van der Waals surface area contributed by atoms with E-state index >= 15 is 0 Å². The van der Waals surface area contributed by atoms with Crippen LogP contribution in [0.1, 0.15) is 26.2 Å². The summed E-state index contributed by atoms with van der Waals surface area (Å²) >= 11 is 1.94. The number of rotatable bonds is 4. The van der Waals surface area contributed by atoms with Crippen LogP contribution in [0.4, 0.5) is 0 Å². The van der Waals surface area contributed by atoms with E-state index in [2.05, 4.69) is 29.2 Å². The summed E-state index contributed by atoms with van der Waals surface area (Å²) in [6.45, 7) is 6.87. The van der Waals surface area contributed by atoms with E-state index in [1.54, 1.807) is 0 Å². The Balaban J connectivity index is 1.64. The molecule has 3 nitrogen and oxygen atoms in total. The van der Waals surface area contributed by atoms with Gasteiger partial charge in [-0.1, -0.05) is 25.1 Å². The number of aliphatic imine (C=N–C) groups is 1. The summed E-state index contributed by atoms with van der Waals surface area (Å²) in [5.41, 5.74) is 0. The maximum absolute atomic E-state index is 4.57. The van der Waals surface area contributed by atoms with Gasteiger partial charge in [-0.05, 0) is 32.4 Å². The fourth-order valence-corrected chi connectivity index (χ4v) is 3.55. The van der Waals surface area contributed by atoms with E-state index in [1.807, 2.05) is 11.8 Å². The minimum Gasteiger partial charge on any atom is -0.365 e. The summed E-state index contributed by atoms with van der Waals surface area (Å²) in [5.74, 6) is 0.818. The molecule has 0 bridgehead atoms. The van der Waals surface area contributed by atoms with Crippen molar-refractivity contribution in [3.8, 4) is 0 Å².